The number of nitrogens with two attached hydrogens (primary N) is 1. The van der Waals surface area contributed by atoms with Crippen molar-refractivity contribution in [3.05, 3.63) is 0 Å². The Kier molecular flexibility index (Phi) is 5.88. The Morgan fingerprint density at radius 3 is 2.94 bits per heavy atom. The van der Waals surface area contributed by atoms with Crippen LogP contribution in [-0.2, 0) is 14.3 Å². The van der Waals surface area contributed by atoms with E-state index < -0.39 is 5.54 Å². The zero-order chi connectivity index (χ0) is 12.7. The molecule has 0 radical (unpaired) electrons. The number of carbonyl (C=O) groups is 1. The summed E-state index contributed by atoms with van der Waals surface area (Å²) in [5, 5.41) is 2.83. The Hall–Kier alpha value is -0.650. The van der Waals surface area contributed by atoms with E-state index in [1.54, 1.807) is 0 Å². The summed E-state index contributed by atoms with van der Waals surface area (Å²) in [5.41, 5.74) is 5.09. The fourth-order valence-electron chi connectivity index (χ4n) is 1.63. The molecule has 0 aromatic carbocycles. The summed E-state index contributed by atoms with van der Waals surface area (Å²) >= 11 is 0. The highest BCUT2D eigenvalue weighted by molar-refractivity contribution is 5.86. The van der Waals surface area contributed by atoms with Gasteiger partial charge in [-0.05, 0) is 18.8 Å². The Morgan fingerprint density at radius 1 is 1.59 bits per heavy atom. The van der Waals surface area contributed by atoms with Crippen LogP contribution in [0, 0.1) is 5.92 Å². The second kappa shape index (κ2) is 6.93. The van der Waals surface area contributed by atoms with E-state index in [4.69, 9.17) is 15.2 Å². The Labute approximate surface area is 103 Å². The quantitative estimate of drug-likeness (QED) is 0.631. The van der Waals surface area contributed by atoms with E-state index in [-0.39, 0.29) is 5.91 Å². The number of ether oxygens (including phenoxy) is 2. The number of nitrogens with one attached hydrogen (secondary N) is 1. The van der Waals surface area contributed by atoms with Crippen molar-refractivity contribution in [2.75, 3.05) is 33.0 Å². The molecule has 1 saturated heterocycles. The van der Waals surface area contributed by atoms with E-state index in [0.717, 1.165) is 13.0 Å². The molecule has 3 N–H and O–H groups in total. The topological polar surface area (TPSA) is 73.6 Å². The molecule has 1 amide bonds. The minimum Gasteiger partial charge on any atom is -0.381 e. The van der Waals surface area contributed by atoms with Gasteiger partial charge in [0.1, 0.15) is 5.54 Å². The lowest BCUT2D eigenvalue weighted by Crippen LogP contribution is -2.54. The largest absolute Gasteiger partial charge is 0.381 e. The Morgan fingerprint density at radius 2 is 2.35 bits per heavy atom. The Balaban J connectivity index is 2.04. The number of hydrogen-bond donors (Lipinski definition) is 2. The molecule has 1 heterocycles. The van der Waals surface area contributed by atoms with Crippen LogP contribution in [0.5, 0.6) is 0 Å². The molecule has 1 aliphatic heterocycles. The average Bonchev–Trinajstić information content (AvgIpc) is 2.71. The summed E-state index contributed by atoms with van der Waals surface area (Å²) in [6.45, 7) is 7.16. The molecule has 0 aromatic heterocycles. The molecule has 1 unspecified atom stereocenters. The third kappa shape index (κ3) is 5.02. The van der Waals surface area contributed by atoms with Crippen molar-refractivity contribution in [1.82, 2.24) is 5.32 Å². The molecule has 17 heavy (non-hydrogen) atoms. The van der Waals surface area contributed by atoms with E-state index in [2.05, 4.69) is 19.2 Å². The summed E-state index contributed by atoms with van der Waals surface area (Å²) in [6, 6.07) is 0. The smallest absolute Gasteiger partial charge is 0.242 e. The van der Waals surface area contributed by atoms with Crippen molar-refractivity contribution in [1.29, 1.82) is 0 Å². The number of amides is 1. The molecule has 1 aliphatic rings. The summed E-state index contributed by atoms with van der Waals surface area (Å²) in [6.07, 6.45) is 1.41. The summed E-state index contributed by atoms with van der Waals surface area (Å²) in [5.74, 6) is 0.436. The monoisotopic (exact) mass is 244 g/mol. The highest BCUT2D eigenvalue weighted by atomic mass is 16.5. The average molecular weight is 244 g/mol. The molecule has 0 spiro atoms. The van der Waals surface area contributed by atoms with Crippen molar-refractivity contribution < 1.29 is 14.3 Å². The van der Waals surface area contributed by atoms with Crippen molar-refractivity contribution in [3.63, 3.8) is 0 Å². The lowest BCUT2D eigenvalue weighted by atomic mass is 9.99. The van der Waals surface area contributed by atoms with E-state index in [1.165, 1.54) is 0 Å². The molecule has 0 aliphatic carbocycles. The van der Waals surface area contributed by atoms with Crippen LogP contribution in [0.2, 0.25) is 0 Å². The lowest BCUT2D eigenvalue weighted by Gasteiger charge is -2.20. The number of rotatable bonds is 7. The molecule has 5 nitrogen and oxygen atoms in total. The standard InChI is InChI=1S/C12H24N2O3/c1-10(2)8-16-6-3-5-14-11(15)12(13)4-7-17-9-12/h10H,3-9,13H2,1-2H3,(H,14,15). The molecule has 0 saturated carbocycles. The van der Waals surface area contributed by atoms with E-state index in [1.807, 2.05) is 0 Å². The second-order valence-electron chi connectivity index (χ2n) is 5.04. The van der Waals surface area contributed by atoms with Crippen LogP contribution >= 0.6 is 0 Å². The maximum atomic E-state index is 11.8. The minimum absolute atomic E-state index is 0.112. The van der Waals surface area contributed by atoms with Gasteiger partial charge in [-0.25, -0.2) is 0 Å². The van der Waals surface area contributed by atoms with Crippen LogP contribution in [0.4, 0.5) is 0 Å². The zero-order valence-corrected chi connectivity index (χ0v) is 10.8. The van der Waals surface area contributed by atoms with Gasteiger partial charge in [-0.1, -0.05) is 13.8 Å². The molecule has 0 bridgehead atoms. The van der Waals surface area contributed by atoms with E-state index >= 15 is 0 Å². The second-order valence-corrected chi connectivity index (χ2v) is 5.04. The van der Waals surface area contributed by atoms with Crippen LogP contribution in [-0.4, -0.2) is 44.4 Å². The van der Waals surface area contributed by atoms with Gasteiger partial charge >= 0.3 is 0 Å². The minimum atomic E-state index is -0.821. The first kappa shape index (κ1) is 14.4. The highest BCUT2D eigenvalue weighted by Crippen LogP contribution is 2.15. The first-order valence-electron chi connectivity index (χ1n) is 6.27. The molecule has 1 fully saturated rings. The highest BCUT2D eigenvalue weighted by Gasteiger charge is 2.37. The van der Waals surface area contributed by atoms with Gasteiger partial charge in [-0.3, -0.25) is 4.79 Å². The maximum absolute atomic E-state index is 11.8. The predicted octanol–water partition coefficient (Wildman–Crippen LogP) is 0.283. The molecule has 1 atom stereocenters. The van der Waals surface area contributed by atoms with Crippen LogP contribution in [0.25, 0.3) is 0 Å². The lowest BCUT2D eigenvalue weighted by molar-refractivity contribution is -0.126. The molecule has 100 valence electrons. The van der Waals surface area contributed by atoms with E-state index in [0.29, 0.717) is 38.7 Å². The summed E-state index contributed by atoms with van der Waals surface area (Å²) in [7, 11) is 0. The van der Waals surface area contributed by atoms with Gasteiger partial charge in [0.2, 0.25) is 5.91 Å². The van der Waals surface area contributed by atoms with Crippen LogP contribution in [0.3, 0.4) is 0 Å². The van der Waals surface area contributed by atoms with Crippen LogP contribution < -0.4 is 11.1 Å². The molecular weight excluding hydrogens is 220 g/mol. The molecule has 0 aromatic rings. The van der Waals surface area contributed by atoms with Crippen molar-refractivity contribution in [3.8, 4) is 0 Å². The van der Waals surface area contributed by atoms with Crippen molar-refractivity contribution in [2.45, 2.75) is 32.2 Å². The molecule has 5 heteroatoms. The van der Waals surface area contributed by atoms with Gasteiger partial charge in [0.15, 0.2) is 0 Å². The first-order valence-corrected chi connectivity index (χ1v) is 6.27. The first-order chi connectivity index (χ1) is 8.04. The summed E-state index contributed by atoms with van der Waals surface area (Å²) in [4.78, 5) is 11.8. The normalized spacial score (nSPS) is 24.2. The van der Waals surface area contributed by atoms with Gasteiger partial charge in [-0.2, -0.15) is 0 Å². The predicted molar refractivity (Wildman–Crippen MR) is 65.6 cm³/mol. The third-order valence-corrected chi connectivity index (χ3v) is 2.71. The maximum Gasteiger partial charge on any atom is 0.242 e. The number of hydrogen-bond acceptors (Lipinski definition) is 4. The molecule has 1 rings (SSSR count). The van der Waals surface area contributed by atoms with Gasteiger partial charge in [0, 0.05) is 26.4 Å². The van der Waals surface area contributed by atoms with Crippen LogP contribution in [0.1, 0.15) is 26.7 Å². The summed E-state index contributed by atoms with van der Waals surface area (Å²) < 4.78 is 10.6. The van der Waals surface area contributed by atoms with Gasteiger partial charge in [0.05, 0.1) is 6.61 Å². The van der Waals surface area contributed by atoms with Crippen LogP contribution in [0.15, 0.2) is 0 Å². The Bertz CT molecular complexity index is 238. The SMILES string of the molecule is CC(C)COCCCNC(=O)C1(N)CCOC1. The third-order valence-electron chi connectivity index (χ3n) is 2.71. The number of carbonyl (C=O) groups excluding carboxylic acids is 1. The fraction of sp³-hybridized carbons (Fsp3) is 0.917. The van der Waals surface area contributed by atoms with Crippen molar-refractivity contribution in [2.24, 2.45) is 11.7 Å². The van der Waals surface area contributed by atoms with Gasteiger partial charge < -0.3 is 20.5 Å². The fourth-order valence-corrected chi connectivity index (χ4v) is 1.63. The zero-order valence-electron chi connectivity index (χ0n) is 10.8. The van der Waals surface area contributed by atoms with Crippen molar-refractivity contribution >= 4 is 5.91 Å². The van der Waals surface area contributed by atoms with Gasteiger partial charge in [0.25, 0.3) is 0 Å². The van der Waals surface area contributed by atoms with E-state index in [9.17, 15) is 4.79 Å². The van der Waals surface area contributed by atoms with Gasteiger partial charge in [-0.15, -0.1) is 0 Å². The molecular formula is C12H24N2O3.